The van der Waals surface area contributed by atoms with Crippen molar-refractivity contribution in [3.05, 3.63) is 0 Å². The zero-order valence-corrected chi connectivity index (χ0v) is 7.79. The molecule has 0 aliphatic carbocycles. The van der Waals surface area contributed by atoms with Crippen LogP contribution in [-0.4, -0.2) is 36.9 Å². The zero-order valence-electron chi connectivity index (χ0n) is 7.79. The van der Waals surface area contributed by atoms with E-state index >= 15 is 0 Å². The lowest BCUT2D eigenvalue weighted by Crippen LogP contribution is -2.34. The first-order valence-electron chi connectivity index (χ1n) is 4.85. The maximum Gasteiger partial charge on any atom is 0.249 e. The van der Waals surface area contributed by atoms with Gasteiger partial charge in [0.15, 0.2) is 0 Å². The van der Waals surface area contributed by atoms with E-state index in [9.17, 15) is 4.79 Å². The van der Waals surface area contributed by atoms with Gasteiger partial charge < -0.3 is 15.2 Å². The number of unbranched alkanes of at least 4 members (excludes halogenated alkanes) is 1. The van der Waals surface area contributed by atoms with Crippen LogP contribution in [0.3, 0.4) is 0 Å². The minimum absolute atomic E-state index is 0.00422. The van der Waals surface area contributed by atoms with Crippen LogP contribution in [-0.2, 0) is 9.53 Å². The van der Waals surface area contributed by atoms with E-state index in [1.807, 2.05) is 0 Å². The molecule has 4 nitrogen and oxygen atoms in total. The van der Waals surface area contributed by atoms with Crippen LogP contribution in [0.15, 0.2) is 0 Å². The highest BCUT2D eigenvalue weighted by atomic mass is 16.5. The van der Waals surface area contributed by atoms with E-state index in [2.05, 4.69) is 5.32 Å². The van der Waals surface area contributed by atoms with Gasteiger partial charge in [-0.3, -0.25) is 4.79 Å². The van der Waals surface area contributed by atoms with Gasteiger partial charge in [-0.1, -0.05) is 0 Å². The maximum absolute atomic E-state index is 11.3. The van der Waals surface area contributed by atoms with Crippen LogP contribution in [0, 0.1) is 0 Å². The number of aliphatic hydroxyl groups is 1. The van der Waals surface area contributed by atoms with Gasteiger partial charge in [0.2, 0.25) is 5.91 Å². The molecule has 0 aromatic carbocycles. The van der Waals surface area contributed by atoms with E-state index in [-0.39, 0.29) is 18.6 Å². The summed E-state index contributed by atoms with van der Waals surface area (Å²) in [4.78, 5) is 11.3. The summed E-state index contributed by atoms with van der Waals surface area (Å²) in [5.74, 6) is -0.00422. The average Bonchev–Trinajstić information content (AvgIpc) is 2.65. The van der Waals surface area contributed by atoms with Crippen molar-refractivity contribution in [3.63, 3.8) is 0 Å². The fourth-order valence-corrected chi connectivity index (χ4v) is 1.35. The highest BCUT2D eigenvalue weighted by Gasteiger charge is 2.22. The topological polar surface area (TPSA) is 58.6 Å². The minimum Gasteiger partial charge on any atom is -0.396 e. The average molecular weight is 187 g/mol. The van der Waals surface area contributed by atoms with E-state index in [4.69, 9.17) is 9.84 Å². The Kier molecular flexibility index (Phi) is 4.78. The molecule has 1 atom stereocenters. The molecule has 4 heteroatoms. The van der Waals surface area contributed by atoms with Crippen molar-refractivity contribution in [2.45, 2.75) is 31.8 Å². The molecule has 1 amide bonds. The molecule has 0 radical (unpaired) electrons. The molecule has 1 rings (SSSR count). The number of hydrogen-bond acceptors (Lipinski definition) is 3. The van der Waals surface area contributed by atoms with Gasteiger partial charge in [0.05, 0.1) is 0 Å². The molecule has 1 saturated heterocycles. The predicted molar refractivity (Wildman–Crippen MR) is 48.3 cm³/mol. The van der Waals surface area contributed by atoms with Gasteiger partial charge in [-0.2, -0.15) is 0 Å². The van der Waals surface area contributed by atoms with Crippen LogP contribution < -0.4 is 5.32 Å². The fraction of sp³-hybridized carbons (Fsp3) is 0.889. The first-order valence-corrected chi connectivity index (χ1v) is 4.85. The molecule has 13 heavy (non-hydrogen) atoms. The molecule has 0 bridgehead atoms. The van der Waals surface area contributed by atoms with Crippen molar-refractivity contribution in [3.8, 4) is 0 Å². The molecule has 1 fully saturated rings. The molecule has 0 saturated carbocycles. The largest absolute Gasteiger partial charge is 0.396 e. The maximum atomic E-state index is 11.3. The van der Waals surface area contributed by atoms with Gasteiger partial charge in [0.1, 0.15) is 6.10 Å². The number of carbonyl (C=O) groups excluding carboxylic acids is 1. The summed E-state index contributed by atoms with van der Waals surface area (Å²) in [5.41, 5.74) is 0. The smallest absolute Gasteiger partial charge is 0.249 e. The Labute approximate surface area is 78.3 Å². The Morgan fingerprint density at radius 2 is 2.38 bits per heavy atom. The van der Waals surface area contributed by atoms with E-state index in [1.165, 1.54) is 0 Å². The summed E-state index contributed by atoms with van der Waals surface area (Å²) in [7, 11) is 0. The van der Waals surface area contributed by atoms with Gasteiger partial charge >= 0.3 is 0 Å². The van der Waals surface area contributed by atoms with Crippen LogP contribution in [0.2, 0.25) is 0 Å². The Bertz CT molecular complexity index is 155. The number of aliphatic hydroxyl groups excluding tert-OH is 1. The lowest BCUT2D eigenvalue weighted by atomic mass is 10.2. The second-order valence-electron chi connectivity index (χ2n) is 3.22. The highest BCUT2D eigenvalue weighted by molar-refractivity contribution is 5.80. The van der Waals surface area contributed by atoms with Gasteiger partial charge in [-0.25, -0.2) is 0 Å². The third kappa shape index (κ3) is 3.74. The first kappa shape index (κ1) is 10.5. The number of nitrogens with one attached hydrogen (secondary N) is 1. The molecule has 1 aliphatic heterocycles. The second-order valence-corrected chi connectivity index (χ2v) is 3.22. The van der Waals surface area contributed by atoms with Crippen molar-refractivity contribution in [1.82, 2.24) is 5.32 Å². The van der Waals surface area contributed by atoms with Crippen LogP contribution in [0.4, 0.5) is 0 Å². The Morgan fingerprint density at radius 3 is 3.00 bits per heavy atom. The number of rotatable bonds is 5. The summed E-state index contributed by atoms with van der Waals surface area (Å²) < 4.78 is 5.21. The molecule has 0 aromatic rings. The summed E-state index contributed by atoms with van der Waals surface area (Å²) in [6.07, 6.45) is 3.16. The molecular weight excluding hydrogens is 170 g/mol. The Morgan fingerprint density at radius 1 is 1.54 bits per heavy atom. The first-order chi connectivity index (χ1) is 6.34. The van der Waals surface area contributed by atoms with Crippen LogP contribution >= 0.6 is 0 Å². The molecule has 0 aromatic heterocycles. The monoisotopic (exact) mass is 187 g/mol. The highest BCUT2D eigenvalue weighted by Crippen LogP contribution is 2.11. The van der Waals surface area contributed by atoms with Gasteiger partial charge in [0.25, 0.3) is 0 Å². The van der Waals surface area contributed by atoms with Crippen molar-refractivity contribution in [1.29, 1.82) is 0 Å². The number of amides is 1. The minimum atomic E-state index is -0.228. The number of hydrogen-bond donors (Lipinski definition) is 2. The van der Waals surface area contributed by atoms with Gasteiger partial charge in [-0.05, 0) is 25.7 Å². The fourth-order valence-electron chi connectivity index (χ4n) is 1.35. The summed E-state index contributed by atoms with van der Waals surface area (Å²) in [6.45, 7) is 1.53. The SMILES string of the molecule is O=C(NCCCCO)C1CCCO1. The molecule has 1 aliphatic rings. The van der Waals surface area contributed by atoms with Crippen LogP contribution in [0.1, 0.15) is 25.7 Å². The third-order valence-electron chi connectivity index (χ3n) is 2.11. The van der Waals surface area contributed by atoms with E-state index in [1.54, 1.807) is 0 Å². The molecule has 1 heterocycles. The van der Waals surface area contributed by atoms with Crippen LogP contribution in [0.5, 0.6) is 0 Å². The van der Waals surface area contributed by atoms with Gasteiger partial charge in [-0.15, -0.1) is 0 Å². The molecular formula is C9H17NO3. The molecule has 0 spiro atoms. The van der Waals surface area contributed by atoms with Crippen molar-refractivity contribution in [2.75, 3.05) is 19.8 Å². The molecule has 2 N–H and O–H groups in total. The van der Waals surface area contributed by atoms with Crippen molar-refractivity contribution in [2.24, 2.45) is 0 Å². The second kappa shape index (κ2) is 5.94. The summed E-state index contributed by atoms with van der Waals surface area (Å²) in [5, 5.41) is 11.3. The summed E-state index contributed by atoms with van der Waals surface area (Å²) in [6, 6.07) is 0. The predicted octanol–water partition coefficient (Wildman–Crippen LogP) is 0.0541. The standard InChI is InChI=1S/C9H17NO3/c11-6-2-1-5-10-9(12)8-4-3-7-13-8/h8,11H,1-7H2,(H,10,12). The van der Waals surface area contributed by atoms with Crippen molar-refractivity contribution < 1.29 is 14.6 Å². The quantitative estimate of drug-likeness (QED) is 0.598. The van der Waals surface area contributed by atoms with Crippen molar-refractivity contribution >= 4 is 5.91 Å². The number of carbonyl (C=O) groups is 1. The Balaban J connectivity index is 2.03. The third-order valence-corrected chi connectivity index (χ3v) is 2.11. The molecule has 76 valence electrons. The summed E-state index contributed by atoms with van der Waals surface area (Å²) >= 11 is 0. The lowest BCUT2D eigenvalue weighted by Gasteiger charge is -2.09. The Hall–Kier alpha value is -0.610. The van der Waals surface area contributed by atoms with E-state index in [0.29, 0.717) is 13.2 Å². The van der Waals surface area contributed by atoms with E-state index in [0.717, 1.165) is 25.7 Å². The number of ether oxygens (including phenoxy) is 1. The lowest BCUT2D eigenvalue weighted by molar-refractivity contribution is -0.130. The molecule has 1 unspecified atom stereocenters. The zero-order chi connectivity index (χ0) is 9.52. The van der Waals surface area contributed by atoms with Crippen LogP contribution in [0.25, 0.3) is 0 Å². The van der Waals surface area contributed by atoms with Gasteiger partial charge in [0, 0.05) is 19.8 Å². The normalized spacial score (nSPS) is 21.8. The van der Waals surface area contributed by atoms with E-state index < -0.39 is 0 Å².